The van der Waals surface area contributed by atoms with Gasteiger partial charge in [-0.05, 0) is 72.0 Å². The molecule has 0 radical (unpaired) electrons. The summed E-state index contributed by atoms with van der Waals surface area (Å²) in [4.78, 5) is 0. The average Bonchev–Trinajstić information content (AvgIpc) is 2.72. The van der Waals surface area contributed by atoms with Crippen LogP contribution < -0.4 is 14.8 Å². The molecule has 0 aliphatic heterocycles. The molecule has 1 N–H and O–H groups in total. The van der Waals surface area contributed by atoms with Crippen molar-refractivity contribution in [2.75, 3.05) is 19.0 Å². The van der Waals surface area contributed by atoms with E-state index >= 15 is 0 Å². The van der Waals surface area contributed by atoms with Crippen LogP contribution in [0.4, 0.5) is 5.69 Å². The van der Waals surface area contributed by atoms with Crippen LogP contribution in [-0.2, 0) is 0 Å². The van der Waals surface area contributed by atoms with Crippen molar-refractivity contribution in [3.63, 3.8) is 0 Å². The van der Waals surface area contributed by atoms with E-state index in [4.69, 9.17) is 9.47 Å². The van der Waals surface area contributed by atoms with Gasteiger partial charge in [0.1, 0.15) is 11.5 Å². The summed E-state index contributed by atoms with van der Waals surface area (Å²) in [5.41, 5.74) is 2.45. The molecular formula is C24H29NO2. The van der Waals surface area contributed by atoms with E-state index in [0.29, 0.717) is 5.92 Å². The van der Waals surface area contributed by atoms with Gasteiger partial charge in [-0.15, -0.1) is 0 Å². The van der Waals surface area contributed by atoms with Gasteiger partial charge in [-0.1, -0.05) is 38.1 Å². The molecule has 3 aromatic carbocycles. The van der Waals surface area contributed by atoms with E-state index in [1.54, 1.807) is 7.11 Å². The number of rotatable bonds is 8. The van der Waals surface area contributed by atoms with Crippen LogP contribution in [0.5, 0.6) is 11.5 Å². The van der Waals surface area contributed by atoms with Gasteiger partial charge in [-0.25, -0.2) is 0 Å². The molecule has 2 unspecified atom stereocenters. The Balaban J connectivity index is 1.61. The average molecular weight is 364 g/mol. The van der Waals surface area contributed by atoms with Crippen molar-refractivity contribution < 1.29 is 9.47 Å². The molecular weight excluding hydrogens is 334 g/mol. The summed E-state index contributed by atoms with van der Waals surface area (Å²) < 4.78 is 11.1. The molecule has 3 heteroatoms. The second-order valence-corrected chi connectivity index (χ2v) is 7.12. The molecule has 0 heterocycles. The summed E-state index contributed by atoms with van der Waals surface area (Å²) in [6.07, 6.45) is 1.26. The zero-order chi connectivity index (χ0) is 19.2. The predicted molar refractivity (Wildman–Crippen MR) is 114 cm³/mol. The lowest BCUT2D eigenvalue weighted by molar-refractivity contribution is 0.217. The van der Waals surface area contributed by atoms with Crippen LogP contribution >= 0.6 is 0 Å². The first-order valence-electron chi connectivity index (χ1n) is 9.67. The molecule has 3 nitrogen and oxygen atoms in total. The van der Waals surface area contributed by atoms with Gasteiger partial charge in [0.15, 0.2) is 0 Å². The third kappa shape index (κ3) is 4.94. The Kier molecular flexibility index (Phi) is 6.23. The zero-order valence-corrected chi connectivity index (χ0v) is 16.7. The van der Waals surface area contributed by atoms with Gasteiger partial charge in [0, 0.05) is 12.2 Å². The Morgan fingerprint density at radius 1 is 0.852 bits per heavy atom. The van der Waals surface area contributed by atoms with E-state index in [1.165, 1.54) is 16.3 Å². The number of hydrogen-bond acceptors (Lipinski definition) is 3. The van der Waals surface area contributed by atoms with Gasteiger partial charge in [0.05, 0.1) is 13.2 Å². The maximum Gasteiger partial charge on any atom is 0.119 e. The molecule has 0 bridgehead atoms. The van der Waals surface area contributed by atoms with Crippen molar-refractivity contribution in [1.82, 2.24) is 0 Å². The molecule has 0 aromatic heterocycles. The standard InChI is InChI=1S/C24H29NO2/c1-5-18(3)27-23-12-9-22(10-13-23)25-16-17(2)19-6-7-21-15-24(26-4)11-8-20(21)14-19/h6-15,17-18,25H,5,16H2,1-4H3. The number of nitrogens with one attached hydrogen (secondary N) is 1. The Hall–Kier alpha value is -2.68. The molecule has 0 amide bonds. The van der Waals surface area contributed by atoms with Crippen LogP contribution in [0.1, 0.15) is 38.7 Å². The van der Waals surface area contributed by atoms with Crippen LogP contribution in [0, 0.1) is 0 Å². The summed E-state index contributed by atoms with van der Waals surface area (Å²) in [5.74, 6) is 2.23. The van der Waals surface area contributed by atoms with Crippen LogP contribution in [0.2, 0.25) is 0 Å². The number of fused-ring (bicyclic) bond motifs is 1. The first-order valence-corrected chi connectivity index (χ1v) is 9.67. The van der Waals surface area contributed by atoms with E-state index in [1.807, 2.05) is 18.2 Å². The van der Waals surface area contributed by atoms with E-state index in [9.17, 15) is 0 Å². The fourth-order valence-electron chi connectivity index (χ4n) is 3.03. The number of hydrogen-bond donors (Lipinski definition) is 1. The Morgan fingerprint density at radius 2 is 1.52 bits per heavy atom. The van der Waals surface area contributed by atoms with Gasteiger partial charge in [0.25, 0.3) is 0 Å². The highest BCUT2D eigenvalue weighted by Gasteiger charge is 2.07. The molecule has 2 atom stereocenters. The quantitative estimate of drug-likeness (QED) is 0.514. The summed E-state index contributed by atoms with van der Waals surface area (Å²) >= 11 is 0. The summed E-state index contributed by atoms with van der Waals surface area (Å²) in [7, 11) is 1.70. The minimum atomic E-state index is 0.247. The second-order valence-electron chi connectivity index (χ2n) is 7.12. The molecule has 3 rings (SSSR count). The molecule has 0 saturated heterocycles. The van der Waals surface area contributed by atoms with Crippen molar-refractivity contribution in [2.45, 2.75) is 39.2 Å². The maximum atomic E-state index is 5.83. The monoisotopic (exact) mass is 363 g/mol. The first-order chi connectivity index (χ1) is 13.1. The lowest BCUT2D eigenvalue weighted by atomic mass is 9.97. The van der Waals surface area contributed by atoms with Gasteiger partial charge in [-0.2, -0.15) is 0 Å². The summed E-state index contributed by atoms with van der Waals surface area (Å²) in [6, 6.07) is 21.1. The van der Waals surface area contributed by atoms with Gasteiger partial charge < -0.3 is 14.8 Å². The summed E-state index contributed by atoms with van der Waals surface area (Å²) in [5, 5.41) is 5.97. The van der Waals surface area contributed by atoms with E-state index in [-0.39, 0.29) is 6.10 Å². The van der Waals surface area contributed by atoms with Crippen molar-refractivity contribution in [1.29, 1.82) is 0 Å². The predicted octanol–water partition coefficient (Wildman–Crippen LogP) is 6.24. The maximum absolute atomic E-state index is 5.83. The number of benzene rings is 3. The van der Waals surface area contributed by atoms with E-state index < -0.39 is 0 Å². The highest BCUT2D eigenvalue weighted by atomic mass is 16.5. The highest BCUT2D eigenvalue weighted by molar-refractivity contribution is 5.84. The van der Waals surface area contributed by atoms with Gasteiger partial charge in [-0.3, -0.25) is 0 Å². The van der Waals surface area contributed by atoms with E-state index in [2.05, 4.69) is 68.6 Å². The van der Waals surface area contributed by atoms with Gasteiger partial charge >= 0.3 is 0 Å². The second kappa shape index (κ2) is 8.81. The minimum absolute atomic E-state index is 0.247. The number of methoxy groups -OCH3 is 1. The zero-order valence-electron chi connectivity index (χ0n) is 16.7. The fraction of sp³-hybridized carbons (Fsp3) is 0.333. The molecule has 0 aliphatic carbocycles. The number of anilines is 1. The SMILES string of the molecule is CCC(C)Oc1ccc(NCC(C)c2ccc3cc(OC)ccc3c2)cc1. The highest BCUT2D eigenvalue weighted by Crippen LogP contribution is 2.26. The fourth-order valence-corrected chi connectivity index (χ4v) is 3.03. The molecule has 0 saturated carbocycles. The normalized spacial score (nSPS) is 13.2. The van der Waals surface area contributed by atoms with Crippen LogP contribution in [-0.4, -0.2) is 19.8 Å². The molecule has 3 aromatic rings. The lowest BCUT2D eigenvalue weighted by Crippen LogP contribution is -2.11. The Bertz CT molecular complexity index is 873. The molecule has 27 heavy (non-hydrogen) atoms. The van der Waals surface area contributed by atoms with Crippen molar-refractivity contribution >= 4 is 16.5 Å². The Morgan fingerprint density at radius 3 is 2.22 bits per heavy atom. The van der Waals surface area contributed by atoms with Gasteiger partial charge in [0.2, 0.25) is 0 Å². The minimum Gasteiger partial charge on any atom is -0.497 e. The third-order valence-electron chi connectivity index (χ3n) is 5.02. The molecule has 0 spiro atoms. The van der Waals surface area contributed by atoms with Crippen LogP contribution in [0.15, 0.2) is 60.7 Å². The van der Waals surface area contributed by atoms with Crippen LogP contribution in [0.3, 0.4) is 0 Å². The van der Waals surface area contributed by atoms with Crippen molar-refractivity contribution in [3.8, 4) is 11.5 Å². The third-order valence-corrected chi connectivity index (χ3v) is 5.02. The number of ether oxygens (including phenoxy) is 2. The largest absolute Gasteiger partial charge is 0.497 e. The van der Waals surface area contributed by atoms with Crippen molar-refractivity contribution in [2.24, 2.45) is 0 Å². The lowest BCUT2D eigenvalue weighted by Gasteiger charge is -2.16. The Labute approximate surface area is 162 Å². The molecule has 0 aliphatic rings. The summed E-state index contributed by atoms with van der Waals surface area (Å²) in [6.45, 7) is 7.35. The van der Waals surface area contributed by atoms with Crippen molar-refractivity contribution in [3.05, 3.63) is 66.2 Å². The first kappa shape index (κ1) is 19.1. The van der Waals surface area contributed by atoms with E-state index in [0.717, 1.165) is 30.2 Å². The van der Waals surface area contributed by atoms with Crippen LogP contribution in [0.25, 0.3) is 10.8 Å². The molecule has 142 valence electrons. The topological polar surface area (TPSA) is 30.5 Å². The smallest absolute Gasteiger partial charge is 0.119 e. The molecule has 0 fully saturated rings.